The molecule has 0 aliphatic rings. The smallest absolute Gasteiger partial charge is 0.106 e. The van der Waals surface area contributed by atoms with E-state index in [4.69, 9.17) is 5.73 Å². The van der Waals surface area contributed by atoms with Crippen molar-refractivity contribution in [2.24, 2.45) is 5.73 Å². The van der Waals surface area contributed by atoms with Crippen molar-refractivity contribution in [1.82, 2.24) is 4.98 Å². The summed E-state index contributed by atoms with van der Waals surface area (Å²) in [5, 5.41) is 2.02. The van der Waals surface area contributed by atoms with Crippen LogP contribution in [0.25, 0.3) is 0 Å². The third-order valence-electron chi connectivity index (χ3n) is 1.90. The number of nitrogens with two attached hydrogens (primary N) is 1. The molecule has 0 aliphatic heterocycles. The van der Waals surface area contributed by atoms with Crippen molar-refractivity contribution in [2.45, 2.75) is 6.04 Å². The molecule has 0 bridgehead atoms. The van der Waals surface area contributed by atoms with Crippen LogP contribution in [0.5, 0.6) is 0 Å². The summed E-state index contributed by atoms with van der Waals surface area (Å²) in [4.78, 5) is 5.46. The summed E-state index contributed by atoms with van der Waals surface area (Å²) in [5.74, 6) is 0. The van der Waals surface area contributed by atoms with Crippen LogP contribution in [0, 0.1) is 0 Å². The number of hydrogen-bond donors (Lipinski definition) is 1. The van der Waals surface area contributed by atoms with Gasteiger partial charge >= 0.3 is 0 Å². The Bertz CT molecular complexity index is 414. The maximum Gasteiger partial charge on any atom is 0.106 e. The van der Waals surface area contributed by atoms with E-state index >= 15 is 0 Å². The molecular weight excluding hydrogens is 260 g/mol. The lowest BCUT2D eigenvalue weighted by molar-refractivity contribution is 0.842. The summed E-state index contributed by atoms with van der Waals surface area (Å²) in [6, 6.07) is 9.68. The lowest BCUT2D eigenvalue weighted by Gasteiger charge is -2.08. The SMILES string of the molecule is N[C@@H](c1cccc(Br)n1)c1cccs1. The van der Waals surface area contributed by atoms with E-state index in [1.54, 1.807) is 11.3 Å². The molecule has 2 nitrogen and oxygen atoms in total. The van der Waals surface area contributed by atoms with Gasteiger partial charge in [0.05, 0.1) is 11.7 Å². The maximum atomic E-state index is 6.06. The molecule has 0 saturated carbocycles. The molecule has 2 aromatic rings. The maximum absolute atomic E-state index is 6.06. The van der Waals surface area contributed by atoms with E-state index in [1.165, 1.54) is 0 Å². The molecule has 0 aromatic carbocycles. The first kappa shape index (κ1) is 9.83. The zero-order valence-electron chi connectivity index (χ0n) is 7.35. The normalized spacial score (nSPS) is 12.7. The first-order chi connectivity index (χ1) is 6.77. The molecule has 0 aliphatic carbocycles. The third-order valence-corrected chi connectivity index (χ3v) is 3.30. The molecule has 0 unspecified atom stereocenters. The van der Waals surface area contributed by atoms with E-state index < -0.39 is 0 Å². The third kappa shape index (κ3) is 2.03. The molecule has 14 heavy (non-hydrogen) atoms. The van der Waals surface area contributed by atoms with Gasteiger partial charge in [0.25, 0.3) is 0 Å². The Morgan fingerprint density at radius 2 is 2.14 bits per heavy atom. The van der Waals surface area contributed by atoms with Crippen LogP contribution in [0.2, 0.25) is 0 Å². The van der Waals surface area contributed by atoms with Crippen molar-refractivity contribution >= 4 is 27.3 Å². The van der Waals surface area contributed by atoms with Crippen LogP contribution in [0.1, 0.15) is 16.6 Å². The Labute approximate surface area is 94.9 Å². The molecule has 4 heteroatoms. The summed E-state index contributed by atoms with van der Waals surface area (Å²) in [7, 11) is 0. The van der Waals surface area contributed by atoms with Gasteiger partial charge < -0.3 is 5.73 Å². The van der Waals surface area contributed by atoms with E-state index in [-0.39, 0.29) is 6.04 Å². The van der Waals surface area contributed by atoms with Crippen LogP contribution < -0.4 is 5.73 Å². The highest BCUT2D eigenvalue weighted by atomic mass is 79.9. The van der Waals surface area contributed by atoms with Crippen LogP contribution in [0.3, 0.4) is 0 Å². The molecule has 0 saturated heterocycles. The number of hydrogen-bond acceptors (Lipinski definition) is 3. The minimum Gasteiger partial charge on any atom is -0.318 e. The van der Waals surface area contributed by atoms with Crippen molar-refractivity contribution < 1.29 is 0 Å². The molecule has 2 aromatic heterocycles. The van der Waals surface area contributed by atoms with Crippen molar-refractivity contribution in [1.29, 1.82) is 0 Å². The predicted octanol–water partition coefficient (Wildman–Crippen LogP) is 2.95. The summed E-state index contributed by atoms with van der Waals surface area (Å²) in [6.45, 7) is 0. The fourth-order valence-electron chi connectivity index (χ4n) is 1.21. The summed E-state index contributed by atoms with van der Waals surface area (Å²) in [6.07, 6.45) is 0. The first-order valence-corrected chi connectivity index (χ1v) is 5.86. The van der Waals surface area contributed by atoms with Gasteiger partial charge in [0, 0.05) is 4.88 Å². The van der Waals surface area contributed by atoms with E-state index in [9.17, 15) is 0 Å². The molecule has 72 valence electrons. The summed E-state index contributed by atoms with van der Waals surface area (Å²) < 4.78 is 0.821. The average molecular weight is 269 g/mol. The molecule has 1 atom stereocenters. The fraction of sp³-hybridized carbons (Fsp3) is 0.100. The fourth-order valence-corrected chi connectivity index (χ4v) is 2.31. The Balaban J connectivity index is 2.32. The second-order valence-electron chi connectivity index (χ2n) is 2.88. The Morgan fingerprint density at radius 1 is 1.29 bits per heavy atom. The highest BCUT2D eigenvalue weighted by Crippen LogP contribution is 2.23. The second-order valence-corrected chi connectivity index (χ2v) is 4.67. The molecule has 2 rings (SSSR count). The van der Waals surface area contributed by atoms with Crippen LogP contribution in [-0.4, -0.2) is 4.98 Å². The number of aromatic nitrogens is 1. The van der Waals surface area contributed by atoms with Gasteiger partial charge in [-0.25, -0.2) is 4.98 Å². The quantitative estimate of drug-likeness (QED) is 0.851. The number of pyridine rings is 1. The number of halogens is 1. The summed E-state index contributed by atoms with van der Waals surface area (Å²) >= 11 is 4.98. The monoisotopic (exact) mass is 268 g/mol. The average Bonchev–Trinajstić information content (AvgIpc) is 2.69. The van der Waals surface area contributed by atoms with Crippen LogP contribution in [0.15, 0.2) is 40.3 Å². The molecule has 0 fully saturated rings. The van der Waals surface area contributed by atoms with Crippen molar-refractivity contribution in [3.05, 3.63) is 50.9 Å². The minimum absolute atomic E-state index is 0.118. The standard InChI is InChI=1S/C10H9BrN2S/c11-9-5-1-3-7(13-9)10(12)8-4-2-6-14-8/h1-6,10H,12H2/t10-/m0/s1. The largest absolute Gasteiger partial charge is 0.318 e. The molecule has 0 radical (unpaired) electrons. The molecule has 0 amide bonds. The lowest BCUT2D eigenvalue weighted by Crippen LogP contribution is -2.11. The predicted molar refractivity (Wildman–Crippen MR) is 62.3 cm³/mol. The molecule has 2 N–H and O–H groups in total. The van der Waals surface area contributed by atoms with Gasteiger partial charge in [-0.15, -0.1) is 11.3 Å². The van der Waals surface area contributed by atoms with Gasteiger partial charge in [-0.3, -0.25) is 0 Å². The van der Waals surface area contributed by atoms with Gasteiger partial charge in [0.2, 0.25) is 0 Å². The Kier molecular flexibility index (Phi) is 2.96. The van der Waals surface area contributed by atoms with Gasteiger partial charge in [-0.05, 0) is 39.5 Å². The molecule has 2 heterocycles. The zero-order valence-corrected chi connectivity index (χ0v) is 9.75. The van der Waals surface area contributed by atoms with Crippen molar-refractivity contribution in [3.8, 4) is 0 Å². The highest BCUT2D eigenvalue weighted by Gasteiger charge is 2.10. The van der Waals surface area contributed by atoms with Gasteiger partial charge in [-0.2, -0.15) is 0 Å². The van der Waals surface area contributed by atoms with Crippen LogP contribution in [0.4, 0.5) is 0 Å². The van der Waals surface area contributed by atoms with Gasteiger partial charge in [0.15, 0.2) is 0 Å². The van der Waals surface area contributed by atoms with E-state index in [0.29, 0.717) is 0 Å². The zero-order chi connectivity index (χ0) is 9.97. The Hall–Kier alpha value is -0.710. The second kappa shape index (κ2) is 4.21. The van der Waals surface area contributed by atoms with Crippen LogP contribution in [-0.2, 0) is 0 Å². The summed E-state index contributed by atoms with van der Waals surface area (Å²) in [5.41, 5.74) is 6.95. The van der Waals surface area contributed by atoms with Gasteiger partial charge in [0.1, 0.15) is 4.60 Å². The topological polar surface area (TPSA) is 38.9 Å². The van der Waals surface area contributed by atoms with E-state index in [1.807, 2.05) is 35.7 Å². The highest BCUT2D eigenvalue weighted by molar-refractivity contribution is 9.10. The molecular formula is C10H9BrN2S. The number of nitrogens with zero attached hydrogens (tertiary/aromatic N) is 1. The first-order valence-electron chi connectivity index (χ1n) is 4.19. The van der Waals surface area contributed by atoms with Crippen molar-refractivity contribution in [3.63, 3.8) is 0 Å². The number of rotatable bonds is 2. The van der Waals surface area contributed by atoms with E-state index in [2.05, 4.69) is 20.9 Å². The Morgan fingerprint density at radius 3 is 2.79 bits per heavy atom. The van der Waals surface area contributed by atoms with Crippen LogP contribution >= 0.6 is 27.3 Å². The van der Waals surface area contributed by atoms with Crippen molar-refractivity contribution in [2.75, 3.05) is 0 Å². The molecule has 0 spiro atoms. The number of thiophene rings is 1. The van der Waals surface area contributed by atoms with Gasteiger partial charge in [-0.1, -0.05) is 12.1 Å². The van der Waals surface area contributed by atoms with E-state index in [0.717, 1.165) is 15.2 Å². The lowest BCUT2D eigenvalue weighted by atomic mass is 10.2. The minimum atomic E-state index is -0.118.